The zero-order chi connectivity index (χ0) is 13.5. The fraction of sp³-hybridized carbons (Fsp3) is 0.538. The number of likely N-dealkylation sites (N-methyl/N-ethyl adjacent to an activating group) is 1. The van der Waals surface area contributed by atoms with E-state index in [1.165, 1.54) is 0 Å². The van der Waals surface area contributed by atoms with Gasteiger partial charge >= 0.3 is 0 Å². The summed E-state index contributed by atoms with van der Waals surface area (Å²) in [6, 6.07) is 5.12. The van der Waals surface area contributed by atoms with Gasteiger partial charge in [0.05, 0.1) is 12.7 Å². The van der Waals surface area contributed by atoms with Gasteiger partial charge in [0.1, 0.15) is 0 Å². The lowest BCUT2D eigenvalue weighted by molar-refractivity contribution is 0.0891. The van der Waals surface area contributed by atoms with Crippen LogP contribution >= 0.6 is 23.2 Å². The Labute approximate surface area is 118 Å². The zero-order valence-corrected chi connectivity index (χ0v) is 12.2. The SMILES string of the molecule is CCOCCN(C)CC(O)c1ccc(Cl)cc1Cl. The Kier molecular flexibility index (Phi) is 6.97. The molecule has 18 heavy (non-hydrogen) atoms. The average molecular weight is 292 g/mol. The van der Waals surface area contributed by atoms with Crippen LogP contribution in [0.15, 0.2) is 18.2 Å². The van der Waals surface area contributed by atoms with Gasteiger partial charge in [0, 0.05) is 35.3 Å². The average Bonchev–Trinajstić information content (AvgIpc) is 2.28. The van der Waals surface area contributed by atoms with Gasteiger partial charge in [-0.1, -0.05) is 29.3 Å². The Hall–Kier alpha value is -0.320. The second kappa shape index (κ2) is 7.97. The Morgan fingerprint density at radius 2 is 2.11 bits per heavy atom. The van der Waals surface area contributed by atoms with E-state index in [0.717, 1.165) is 6.54 Å². The summed E-state index contributed by atoms with van der Waals surface area (Å²) in [5.41, 5.74) is 0.698. The summed E-state index contributed by atoms with van der Waals surface area (Å²) >= 11 is 11.9. The van der Waals surface area contributed by atoms with E-state index in [1.807, 2.05) is 18.9 Å². The number of aliphatic hydroxyl groups excluding tert-OH is 1. The maximum Gasteiger partial charge on any atom is 0.0931 e. The number of hydrogen-bond acceptors (Lipinski definition) is 3. The highest BCUT2D eigenvalue weighted by molar-refractivity contribution is 6.35. The second-order valence-electron chi connectivity index (χ2n) is 4.14. The highest BCUT2D eigenvalue weighted by Gasteiger charge is 2.14. The number of ether oxygens (including phenoxy) is 1. The van der Waals surface area contributed by atoms with Crippen molar-refractivity contribution < 1.29 is 9.84 Å². The van der Waals surface area contributed by atoms with Gasteiger partial charge < -0.3 is 14.7 Å². The number of hydrogen-bond donors (Lipinski definition) is 1. The van der Waals surface area contributed by atoms with Crippen LogP contribution in [-0.2, 0) is 4.74 Å². The molecule has 0 aliphatic heterocycles. The van der Waals surface area contributed by atoms with Crippen LogP contribution < -0.4 is 0 Å². The van der Waals surface area contributed by atoms with E-state index in [4.69, 9.17) is 27.9 Å². The number of halogens is 2. The van der Waals surface area contributed by atoms with Gasteiger partial charge in [-0.05, 0) is 26.1 Å². The van der Waals surface area contributed by atoms with Crippen molar-refractivity contribution in [3.05, 3.63) is 33.8 Å². The number of nitrogens with zero attached hydrogens (tertiary/aromatic N) is 1. The molecule has 0 aliphatic rings. The van der Waals surface area contributed by atoms with E-state index < -0.39 is 6.10 Å². The third-order valence-corrected chi connectivity index (χ3v) is 3.19. The largest absolute Gasteiger partial charge is 0.387 e. The maximum absolute atomic E-state index is 10.1. The summed E-state index contributed by atoms with van der Waals surface area (Å²) < 4.78 is 5.26. The molecule has 1 rings (SSSR count). The zero-order valence-electron chi connectivity index (χ0n) is 10.7. The van der Waals surface area contributed by atoms with Crippen molar-refractivity contribution in [3.8, 4) is 0 Å². The summed E-state index contributed by atoms with van der Waals surface area (Å²) in [5.74, 6) is 0. The van der Waals surface area contributed by atoms with Crippen molar-refractivity contribution in [1.29, 1.82) is 0 Å². The molecule has 0 spiro atoms. The topological polar surface area (TPSA) is 32.7 Å². The lowest BCUT2D eigenvalue weighted by Gasteiger charge is -2.21. The molecule has 1 aromatic rings. The highest BCUT2D eigenvalue weighted by atomic mass is 35.5. The fourth-order valence-electron chi connectivity index (χ4n) is 1.62. The Morgan fingerprint density at radius 3 is 2.72 bits per heavy atom. The smallest absolute Gasteiger partial charge is 0.0931 e. The van der Waals surface area contributed by atoms with Crippen LogP contribution in [-0.4, -0.2) is 43.4 Å². The lowest BCUT2D eigenvalue weighted by atomic mass is 10.1. The fourth-order valence-corrected chi connectivity index (χ4v) is 2.16. The molecule has 1 unspecified atom stereocenters. The molecule has 0 amide bonds. The van der Waals surface area contributed by atoms with Gasteiger partial charge in [0.2, 0.25) is 0 Å². The normalized spacial score (nSPS) is 13.0. The minimum absolute atomic E-state index is 0.494. The molecule has 0 radical (unpaired) electrons. The van der Waals surface area contributed by atoms with Crippen molar-refractivity contribution >= 4 is 23.2 Å². The van der Waals surface area contributed by atoms with Gasteiger partial charge in [0.25, 0.3) is 0 Å². The molecule has 0 bridgehead atoms. The first kappa shape index (κ1) is 15.7. The van der Waals surface area contributed by atoms with E-state index in [0.29, 0.717) is 35.4 Å². The molecule has 1 aromatic carbocycles. The minimum atomic E-state index is -0.624. The van der Waals surface area contributed by atoms with Crippen LogP contribution in [0.1, 0.15) is 18.6 Å². The summed E-state index contributed by atoms with van der Waals surface area (Å²) in [5, 5.41) is 11.2. The second-order valence-corrected chi connectivity index (χ2v) is 4.98. The molecule has 3 nitrogen and oxygen atoms in total. The predicted octanol–water partition coefficient (Wildman–Crippen LogP) is 3.00. The van der Waals surface area contributed by atoms with E-state index in [-0.39, 0.29) is 0 Å². The first-order valence-electron chi connectivity index (χ1n) is 5.94. The molecule has 1 N–H and O–H groups in total. The van der Waals surface area contributed by atoms with Gasteiger partial charge in [-0.2, -0.15) is 0 Å². The predicted molar refractivity (Wildman–Crippen MR) is 75.4 cm³/mol. The molecule has 1 atom stereocenters. The maximum atomic E-state index is 10.1. The molecule has 5 heteroatoms. The van der Waals surface area contributed by atoms with Crippen LogP contribution in [0.2, 0.25) is 10.0 Å². The Balaban J connectivity index is 2.51. The van der Waals surface area contributed by atoms with E-state index >= 15 is 0 Å². The molecule has 0 saturated carbocycles. The molecular formula is C13H19Cl2NO2. The number of aliphatic hydroxyl groups is 1. The summed E-state index contributed by atoms with van der Waals surface area (Å²) in [7, 11) is 1.94. The van der Waals surface area contributed by atoms with Crippen molar-refractivity contribution in [2.75, 3.05) is 33.4 Å². The molecular weight excluding hydrogens is 273 g/mol. The van der Waals surface area contributed by atoms with Crippen LogP contribution in [0, 0.1) is 0 Å². The minimum Gasteiger partial charge on any atom is -0.387 e. The Morgan fingerprint density at radius 1 is 1.39 bits per heavy atom. The number of benzene rings is 1. The lowest BCUT2D eigenvalue weighted by Crippen LogP contribution is -2.28. The van der Waals surface area contributed by atoms with Crippen molar-refractivity contribution in [2.24, 2.45) is 0 Å². The monoisotopic (exact) mass is 291 g/mol. The molecule has 102 valence electrons. The first-order valence-corrected chi connectivity index (χ1v) is 6.69. The van der Waals surface area contributed by atoms with Crippen LogP contribution in [0.4, 0.5) is 0 Å². The molecule has 0 aromatic heterocycles. The van der Waals surface area contributed by atoms with Gasteiger partial charge in [-0.25, -0.2) is 0 Å². The van der Waals surface area contributed by atoms with Crippen molar-refractivity contribution in [2.45, 2.75) is 13.0 Å². The van der Waals surface area contributed by atoms with Crippen LogP contribution in [0.3, 0.4) is 0 Å². The van der Waals surface area contributed by atoms with Crippen LogP contribution in [0.5, 0.6) is 0 Å². The molecule has 0 heterocycles. The molecule has 0 saturated heterocycles. The standard InChI is InChI=1S/C13H19Cl2NO2/c1-3-18-7-6-16(2)9-13(17)11-5-4-10(14)8-12(11)15/h4-5,8,13,17H,3,6-7,9H2,1-2H3. The van der Waals surface area contributed by atoms with Crippen molar-refractivity contribution in [3.63, 3.8) is 0 Å². The van der Waals surface area contributed by atoms with Crippen LogP contribution in [0.25, 0.3) is 0 Å². The highest BCUT2D eigenvalue weighted by Crippen LogP contribution is 2.26. The van der Waals surface area contributed by atoms with E-state index in [2.05, 4.69) is 0 Å². The first-order chi connectivity index (χ1) is 8.54. The summed E-state index contributed by atoms with van der Waals surface area (Å²) in [6.45, 7) is 4.61. The summed E-state index contributed by atoms with van der Waals surface area (Å²) in [4.78, 5) is 2.01. The number of rotatable bonds is 7. The van der Waals surface area contributed by atoms with Gasteiger partial charge in [0.15, 0.2) is 0 Å². The van der Waals surface area contributed by atoms with E-state index in [9.17, 15) is 5.11 Å². The third-order valence-electron chi connectivity index (χ3n) is 2.63. The van der Waals surface area contributed by atoms with E-state index in [1.54, 1.807) is 18.2 Å². The third kappa shape index (κ3) is 5.12. The summed E-state index contributed by atoms with van der Waals surface area (Å²) in [6.07, 6.45) is -0.624. The molecule has 0 fully saturated rings. The van der Waals surface area contributed by atoms with Gasteiger partial charge in [-0.3, -0.25) is 0 Å². The van der Waals surface area contributed by atoms with Crippen molar-refractivity contribution in [1.82, 2.24) is 4.90 Å². The molecule has 0 aliphatic carbocycles. The quantitative estimate of drug-likeness (QED) is 0.784. The van der Waals surface area contributed by atoms with Gasteiger partial charge in [-0.15, -0.1) is 0 Å². The Bertz CT molecular complexity index is 374.